The third-order valence-electron chi connectivity index (χ3n) is 5.01. The van der Waals surface area contributed by atoms with Crippen LogP contribution in [0, 0.1) is 5.41 Å². The van der Waals surface area contributed by atoms with E-state index < -0.39 is 0 Å². The van der Waals surface area contributed by atoms with E-state index >= 15 is 0 Å². The number of rotatable bonds is 8. The summed E-state index contributed by atoms with van der Waals surface area (Å²) in [6.07, 6.45) is 6.67. The first-order chi connectivity index (χ1) is 13.7. The molecule has 4 N–H and O–H groups in total. The Labute approximate surface area is 204 Å². The van der Waals surface area contributed by atoms with Gasteiger partial charge in [-0.1, -0.05) is 30.4 Å². The van der Waals surface area contributed by atoms with Crippen molar-refractivity contribution in [1.82, 2.24) is 5.32 Å². The van der Waals surface area contributed by atoms with Crippen molar-refractivity contribution >= 4 is 54.8 Å². The number of hydrogen-bond acceptors (Lipinski definition) is 4. The molecule has 3 rings (SSSR count). The first kappa shape index (κ1) is 29.1. The zero-order valence-corrected chi connectivity index (χ0v) is 20.2. The molecule has 8 heteroatoms. The highest BCUT2D eigenvalue weighted by Gasteiger charge is 2.14. The average molecular weight is 488 g/mol. The summed E-state index contributed by atoms with van der Waals surface area (Å²) in [5.74, 6) is 1.04. The number of benzene rings is 2. The summed E-state index contributed by atoms with van der Waals surface area (Å²) in [5.41, 5.74) is 8.55. The van der Waals surface area contributed by atoms with Gasteiger partial charge >= 0.3 is 0 Å². The smallest absolute Gasteiger partial charge is 0.122 e. The molecule has 5 nitrogen and oxygen atoms in total. The molecule has 172 valence electrons. The molecule has 1 aliphatic rings. The van der Waals surface area contributed by atoms with Crippen LogP contribution < -0.4 is 20.7 Å². The maximum atomic E-state index is 7.55. The van der Waals surface area contributed by atoms with E-state index in [1.165, 1.54) is 5.69 Å². The number of piperidine rings is 1. The fourth-order valence-electron chi connectivity index (χ4n) is 3.38. The minimum Gasteiger partial charge on any atom is -0.490 e. The van der Waals surface area contributed by atoms with Gasteiger partial charge in [0.05, 0.1) is 0 Å². The third kappa shape index (κ3) is 8.99. The van der Waals surface area contributed by atoms with Gasteiger partial charge in [0.25, 0.3) is 0 Å². The number of ether oxygens (including phenoxy) is 1. The molecule has 0 amide bonds. The van der Waals surface area contributed by atoms with Crippen LogP contribution in [-0.2, 0) is 0 Å². The number of hydrogen-bond donors (Lipinski definition) is 3. The maximum absolute atomic E-state index is 7.55. The fourth-order valence-corrected chi connectivity index (χ4v) is 3.38. The molecule has 0 aromatic heterocycles. The molecule has 1 fully saturated rings. The zero-order valence-electron chi connectivity index (χ0n) is 17.8. The van der Waals surface area contributed by atoms with Crippen molar-refractivity contribution in [1.29, 1.82) is 5.41 Å². The van der Waals surface area contributed by atoms with Gasteiger partial charge in [0.1, 0.15) is 17.7 Å². The van der Waals surface area contributed by atoms with Gasteiger partial charge in [0.15, 0.2) is 0 Å². The van der Waals surface area contributed by atoms with Gasteiger partial charge in [-0.25, -0.2) is 0 Å². The lowest BCUT2D eigenvalue weighted by Gasteiger charge is -2.25. The summed E-state index contributed by atoms with van der Waals surface area (Å²) >= 11 is 0. The molecule has 0 aliphatic carbocycles. The van der Waals surface area contributed by atoms with Gasteiger partial charge in [0.2, 0.25) is 0 Å². The van der Waals surface area contributed by atoms with Crippen molar-refractivity contribution in [2.75, 3.05) is 31.1 Å². The predicted molar refractivity (Wildman–Crippen MR) is 139 cm³/mol. The Morgan fingerprint density at radius 3 is 2.42 bits per heavy atom. The van der Waals surface area contributed by atoms with Gasteiger partial charge in [-0.05, 0) is 68.8 Å². The molecule has 31 heavy (non-hydrogen) atoms. The Morgan fingerprint density at radius 2 is 1.81 bits per heavy atom. The van der Waals surface area contributed by atoms with E-state index in [9.17, 15) is 0 Å². The van der Waals surface area contributed by atoms with Crippen molar-refractivity contribution in [2.24, 2.45) is 5.73 Å². The molecule has 1 saturated heterocycles. The molecule has 0 atom stereocenters. The molecular formula is C23H33Cl3N4O. The minimum absolute atomic E-state index is 0. The molecule has 0 unspecified atom stereocenters. The zero-order chi connectivity index (χ0) is 19.8. The van der Waals surface area contributed by atoms with Gasteiger partial charge < -0.3 is 20.7 Å². The van der Waals surface area contributed by atoms with Crippen LogP contribution in [0.4, 0.5) is 5.69 Å². The average Bonchev–Trinajstić information content (AvgIpc) is 2.73. The molecule has 0 saturated carbocycles. The molecule has 0 radical (unpaired) electrons. The van der Waals surface area contributed by atoms with Crippen LogP contribution in [0.15, 0.2) is 54.6 Å². The first-order valence-corrected chi connectivity index (χ1v) is 9.99. The minimum atomic E-state index is 0. The molecule has 0 bridgehead atoms. The van der Waals surface area contributed by atoms with E-state index in [-0.39, 0.29) is 43.1 Å². The normalized spacial score (nSPS) is 13.5. The highest BCUT2D eigenvalue weighted by atomic mass is 35.5. The lowest BCUT2D eigenvalue weighted by molar-refractivity contribution is 0.162. The lowest BCUT2D eigenvalue weighted by atomic mass is 10.1. The Kier molecular flexibility index (Phi) is 14.0. The van der Waals surface area contributed by atoms with Gasteiger partial charge in [-0.2, -0.15) is 0 Å². The second-order valence-corrected chi connectivity index (χ2v) is 7.04. The van der Waals surface area contributed by atoms with E-state index in [1.54, 1.807) is 0 Å². The molecule has 1 heterocycles. The van der Waals surface area contributed by atoms with Crippen molar-refractivity contribution in [3.05, 3.63) is 65.7 Å². The summed E-state index contributed by atoms with van der Waals surface area (Å²) < 4.78 is 6.09. The van der Waals surface area contributed by atoms with Crippen molar-refractivity contribution in [3.8, 4) is 5.75 Å². The van der Waals surface area contributed by atoms with Crippen molar-refractivity contribution in [3.63, 3.8) is 0 Å². The quantitative estimate of drug-likeness (QED) is 0.365. The van der Waals surface area contributed by atoms with Gasteiger partial charge in [0, 0.05) is 24.3 Å². The number of nitrogens with zero attached hydrogens (tertiary/aromatic N) is 1. The van der Waals surface area contributed by atoms with E-state index in [2.05, 4.69) is 53.6 Å². The highest BCUT2D eigenvalue weighted by molar-refractivity contribution is 5.95. The summed E-state index contributed by atoms with van der Waals surface area (Å²) in [6, 6.07) is 16.1. The summed E-state index contributed by atoms with van der Waals surface area (Å²) in [6.45, 7) is 5.97. The largest absolute Gasteiger partial charge is 0.490 e. The second kappa shape index (κ2) is 15.0. The molecule has 2 aromatic rings. The number of nitrogens with one attached hydrogen (secondary N) is 2. The van der Waals surface area contributed by atoms with Crippen LogP contribution >= 0.6 is 37.2 Å². The van der Waals surface area contributed by atoms with Crippen molar-refractivity contribution < 1.29 is 4.74 Å². The summed E-state index contributed by atoms with van der Waals surface area (Å²) in [4.78, 5) is 2.31. The number of anilines is 1. The maximum Gasteiger partial charge on any atom is 0.122 e. The van der Waals surface area contributed by atoms with Gasteiger partial charge in [-0.15, -0.1) is 37.2 Å². The Bertz CT molecular complexity index is 809. The monoisotopic (exact) mass is 486 g/mol. The Balaban J connectivity index is 0.00000300. The SMILES string of the molecule is CCN(CC=Cc1cccc(C(=N)N)c1)c1ccc(OC2CCNCC2)cc1.Cl.Cl.Cl. The fraction of sp³-hybridized carbons (Fsp3) is 0.348. The van der Waals surface area contributed by atoms with Crippen LogP contribution in [0.5, 0.6) is 5.75 Å². The first-order valence-electron chi connectivity index (χ1n) is 9.99. The number of halogens is 3. The number of likely N-dealkylation sites (N-methyl/N-ethyl adjacent to an activating group) is 1. The molecular weight excluding hydrogens is 455 g/mol. The Morgan fingerprint density at radius 1 is 1.13 bits per heavy atom. The van der Waals surface area contributed by atoms with Crippen LogP contribution in [0.2, 0.25) is 0 Å². The number of amidine groups is 1. The summed E-state index contributed by atoms with van der Waals surface area (Å²) in [5, 5.41) is 10.9. The van der Waals surface area contributed by atoms with E-state index in [0.717, 1.165) is 55.9 Å². The van der Waals surface area contributed by atoms with Crippen LogP contribution in [-0.4, -0.2) is 38.1 Å². The van der Waals surface area contributed by atoms with E-state index in [4.69, 9.17) is 15.9 Å². The van der Waals surface area contributed by atoms with Crippen LogP contribution in [0.1, 0.15) is 30.9 Å². The molecule has 1 aliphatic heterocycles. The Hall–Kier alpha value is -1.92. The van der Waals surface area contributed by atoms with Crippen LogP contribution in [0.25, 0.3) is 6.08 Å². The molecule has 2 aromatic carbocycles. The van der Waals surface area contributed by atoms with Crippen LogP contribution in [0.3, 0.4) is 0 Å². The number of nitrogen functional groups attached to an aromatic ring is 1. The predicted octanol–water partition coefficient (Wildman–Crippen LogP) is 4.91. The highest BCUT2D eigenvalue weighted by Crippen LogP contribution is 2.22. The number of nitrogens with two attached hydrogens (primary N) is 1. The lowest BCUT2D eigenvalue weighted by Crippen LogP contribution is -2.34. The standard InChI is InChI=1S/C23H30N4O.3ClH/c1-2-27(16-4-6-18-5-3-7-19(17-18)23(24)25)20-8-10-21(11-9-20)28-22-12-14-26-15-13-22;;;/h3-11,17,22,26H,2,12-16H2,1H3,(H3,24,25);3*1H. The molecule has 0 spiro atoms. The second-order valence-electron chi connectivity index (χ2n) is 7.04. The van der Waals surface area contributed by atoms with E-state index in [1.807, 2.05) is 24.3 Å². The topological polar surface area (TPSA) is 74.4 Å². The summed E-state index contributed by atoms with van der Waals surface area (Å²) in [7, 11) is 0. The third-order valence-corrected chi connectivity index (χ3v) is 5.01. The van der Waals surface area contributed by atoms with E-state index in [0.29, 0.717) is 6.10 Å². The van der Waals surface area contributed by atoms with Gasteiger partial charge in [-0.3, -0.25) is 5.41 Å². The van der Waals surface area contributed by atoms with Crippen molar-refractivity contribution in [2.45, 2.75) is 25.9 Å².